The monoisotopic (exact) mass is 572 g/mol. The van der Waals surface area contributed by atoms with Crippen LogP contribution in [0.15, 0.2) is 84.9 Å². The first-order valence-corrected chi connectivity index (χ1v) is 15.0. The number of rotatable bonds is 6. The molecule has 6 rings (SSSR count). The highest BCUT2D eigenvalue weighted by molar-refractivity contribution is 7.21. The lowest BCUT2D eigenvalue weighted by Gasteiger charge is -2.39. The minimum atomic E-state index is -0.115. The fourth-order valence-electron chi connectivity index (χ4n) is 5.85. The van der Waals surface area contributed by atoms with Crippen molar-refractivity contribution in [2.75, 3.05) is 37.6 Å². The van der Waals surface area contributed by atoms with Gasteiger partial charge in [-0.2, -0.15) is 5.26 Å². The molecule has 8 heteroatoms. The summed E-state index contributed by atoms with van der Waals surface area (Å²) in [6.07, 6.45) is 0.906. The van der Waals surface area contributed by atoms with Crippen LogP contribution in [0, 0.1) is 11.3 Å². The van der Waals surface area contributed by atoms with Crippen molar-refractivity contribution in [1.82, 2.24) is 14.8 Å². The van der Waals surface area contributed by atoms with E-state index in [4.69, 9.17) is 11.5 Å². The van der Waals surface area contributed by atoms with Crippen molar-refractivity contribution in [3.63, 3.8) is 0 Å². The predicted molar refractivity (Wildman–Crippen MR) is 170 cm³/mol. The Morgan fingerprint density at radius 1 is 0.929 bits per heavy atom. The molecule has 1 fully saturated rings. The van der Waals surface area contributed by atoms with Gasteiger partial charge in [-0.15, -0.1) is 11.3 Å². The molecule has 0 aliphatic carbocycles. The number of nitriles is 1. The maximum Gasteiger partial charge on any atom is 0.266 e. The molecule has 2 aromatic heterocycles. The van der Waals surface area contributed by atoms with Crippen LogP contribution in [0.5, 0.6) is 0 Å². The first kappa shape index (κ1) is 27.5. The van der Waals surface area contributed by atoms with Gasteiger partial charge in [-0.1, -0.05) is 91.9 Å². The summed E-state index contributed by atoms with van der Waals surface area (Å²) < 4.78 is 0. The van der Waals surface area contributed by atoms with Gasteiger partial charge in [-0.25, -0.2) is 4.98 Å². The van der Waals surface area contributed by atoms with Crippen molar-refractivity contribution < 1.29 is 4.79 Å². The molecule has 1 aliphatic rings. The van der Waals surface area contributed by atoms with E-state index in [1.807, 2.05) is 41.3 Å². The summed E-state index contributed by atoms with van der Waals surface area (Å²) >= 11 is 1.25. The summed E-state index contributed by atoms with van der Waals surface area (Å²) in [5, 5.41) is 10.6. The number of aromatic nitrogens is 1. The zero-order valence-electron chi connectivity index (χ0n) is 23.5. The SMILES string of the molecule is CCc1ccc(-c2c(C#N)c(N)nc3sc(C(=O)N4CCN(C(c5ccccc5)c5ccccc5)CC4)c(N)c23)cc1. The molecule has 7 nitrogen and oxygen atoms in total. The molecule has 0 bridgehead atoms. The van der Waals surface area contributed by atoms with Crippen molar-refractivity contribution in [1.29, 1.82) is 5.26 Å². The van der Waals surface area contributed by atoms with Crippen LogP contribution < -0.4 is 11.5 Å². The minimum absolute atomic E-state index is 0.109. The molecule has 0 atom stereocenters. The van der Waals surface area contributed by atoms with E-state index in [2.05, 4.69) is 71.4 Å². The molecular formula is C34H32N6OS. The van der Waals surface area contributed by atoms with E-state index in [9.17, 15) is 10.1 Å². The highest BCUT2D eigenvalue weighted by Crippen LogP contribution is 2.43. The third kappa shape index (κ3) is 4.98. The Hall–Kier alpha value is -4.71. The summed E-state index contributed by atoms with van der Waals surface area (Å²) in [5.41, 5.74) is 18.7. The van der Waals surface area contributed by atoms with Gasteiger partial charge in [0.2, 0.25) is 0 Å². The van der Waals surface area contributed by atoms with Crippen LogP contribution in [-0.2, 0) is 6.42 Å². The Kier molecular flexibility index (Phi) is 7.62. The molecule has 5 aromatic rings. The fraction of sp³-hybridized carbons (Fsp3) is 0.206. The van der Waals surface area contributed by atoms with Gasteiger partial charge in [0.05, 0.1) is 11.7 Å². The van der Waals surface area contributed by atoms with E-state index >= 15 is 0 Å². The second-order valence-corrected chi connectivity index (χ2v) is 11.5. The normalized spacial score (nSPS) is 13.9. The number of nitrogens with two attached hydrogens (primary N) is 2. The number of pyridine rings is 1. The third-order valence-corrected chi connectivity index (χ3v) is 9.15. The number of thiophene rings is 1. The van der Waals surface area contributed by atoms with Gasteiger partial charge in [-0.05, 0) is 28.7 Å². The van der Waals surface area contributed by atoms with E-state index in [-0.39, 0.29) is 23.3 Å². The number of carbonyl (C=O) groups excluding carboxylic acids is 1. The van der Waals surface area contributed by atoms with E-state index in [0.29, 0.717) is 39.4 Å². The van der Waals surface area contributed by atoms with Crippen LogP contribution in [-0.4, -0.2) is 46.9 Å². The highest BCUT2D eigenvalue weighted by atomic mass is 32.1. The van der Waals surface area contributed by atoms with Crippen LogP contribution in [0.4, 0.5) is 11.5 Å². The molecule has 42 heavy (non-hydrogen) atoms. The standard InChI is InChI=1S/C34H32N6OS/c1-2-22-13-15-23(16-14-22)27-26(21-35)32(37)38-33-28(27)29(36)31(42-33)34(41)40-19-17-39(18-20-40)30(24-9-5-3-6-10-24)25-11-7-4-8-12-25/h3-16,30H,2,17-20,36H2,1H3,(H2,37,38). The minimum Gasteiger partial charge on any atom is -0.397 e. The number of carbonyl (C=O) groups is 1. The number of nitrogens with zero attached hydrogens (tertiary/aromatic N) is 4. The van der Waals surface area contributed by atoms with Crippen LogP contribution in [0.1, 0.15) is 44.9 Å². The molecule has 0 unspecified atom stereocenters. The molecule has 3 heterocycles. The largest absolute Gasteiger partial charge is 0.397 e. The van der Waals surface area contributed by atoms with Gasteiger partial charge in [0, 0.05) is 37.1 Å². The molecule has 0 radical (unpaired) electrons. The Morgan fingerprint density at radius 2 is 1.52 bits per heavy atom. The topological polar surface area (TPSA) is 112 Å². The van der Waals surface area contributed by atoms with E-state index in [1.54, 1.807) is 0 Å². The van der Waals surface area contributed by atoms with Gasteiger partial charge in [0.15, 0.2) is 0 Å². The smallest absolute Gasteiger partial charge is 0.266 e. The maximum atomic E-state index is 13.9. The Labute approximate surface area is 249 Å². The number of hydrogen-bond acceptors (Lipinski definition) is 7. The van der Waals surface area contributed by atoms with Crippen molar-refractivity contribution >= 4 is 39.0 Å². The molecule has 1 aliphatic heterocycles. The Bertz CT molecular complexity index is 1730. The maximum absolute atomic E-state index is 13.9. The number of aryl methyl sites for hydroxylation is 1. The quantitative estimate of drug-likeness (QED) is 0.254. The average molecular weight is 573 g/mol. The van der Waals surface area contributed by atoms with Crippen LogP contribution in [0.2, 0.25) is 0 Å². The summed E-state index contributed by atoms with van der Waals surface area (Å²) in [6, 6.07) is 31.3. The lowest BCUT2D eigenvalue weighted by atomic mass is 9.96. The number of fused-ring (bicyclic) bond motifs is 1. The van der Waals surface area contributed by atoms with Crippen molar-refractivity contribution in [2.45, 2.75) is 19.4 Å². The Morgan fingerprint density at radius 3 is 2.07 bits per heavy atom. The van der Waals surface area contributed by atoms with Crippen LogP contribution >= 0.6 is 11.3 Å². The Balaban J connectivity index is 1.30. The van der Waals surface area contributed by atoms with E-state index < -0.39 is 0 Å². The third-order valence-electron chi connectivity index (χ3n) is 8.06. The lowest BCUT2D eigenvalue weighted by Crippen LogP contribution is -2.49. The number of anilines is 2. The number of hydrogen-bond donors (Lipinski definition) is 2. The van der Waals surface area contributed by atoms with Gasteiger partial charge in [0.1, 0.15) is 27.2 Å². The molecule has 3 aromatic carbocycles. The van der Waals surface area contributed by atoms with E-state index in [0.717, 1.165) is 25.1 Å². The van der Waals surface area contributed by atoms with Gasteiger partial charge in [0.25, 0.3) is 5.91 Å². The predicted octanol–water partition coefficient (Wildman–Crippen LogP) is 6.11. The first-order valence-electron chi connectivity index (χ1n) is 14.1. The number of benzene rings is 3. The summed E-state index contributed by atoms with van der Waals surface area (Å²) in [4.78, 5) is 23.7. The number of amides is 1. The molecule has 210 valence electrons. The summed E-state index contributed by atoms with van der Waals surface area (Å²) in [7, 11) is 0. The van der Waals surface area contributed by atoms with Gasteiger partial charge >= 0.3 is 0 Å². The molecule has 0 saturated carbocycles. The average Bonchev–Trinajstić information content (AvgIpc) is 3.36. The van der Waals surface area contributed by atoms with Crippen LogP contribution in [0.3, 0.4) is 0 Å². The lowest BCUT2D eigenvalue weighted by molar-refractivity contribution is 0.0603. The fourth-order valence-corrected chi connectivity index (χ4v) is 6.93. The van der Waals surface area contributed by atoms with Gasteiger partial charge < -0.3 is 16.4 Å². The second-order valence-electron chi connectivity index (χ2n) is 10.5. The highest BCUT2D eigenvalue weighted by Gasteiger charge is 2.31. The molecule has 4 N–H and O–H groups in total. The summed E-state index contributed by atoms with van der Waals surface area (Å²) in [6.45, 7) is 4.70. The van der Waals surface area contributed by atoms with Crippen molar-refractivity contribution in [3.05, 3.63) is 112 Å². The number of piperazine rings is 1. The molecular weight excluding hydrogens is 540 g/mol. The van der Waals surface area contributed by atoms with Crippen LogP contribution in [0.25, 0.3) is 21.3 Å². The van der Waals surface area contributed by atoms with Gasteiger partial charge in [-0.3, -0.25) is 9.69 Å². The van der Waals surface area contributed by atoms with E-state index in [1.165, 1.54) is 28.0 Å². The summed E-state index contributed by atoms with van der Waals surface area (Å²) in [5.74, 6) is 0.0248. The second kappa shape index (κ2) is 11.6. The first-order chi connectivity index (χ1) is 20.5. The zero-order chi connectivity index (χ0) is 29.2. The van der Waals surface area contributed by atoms with Crippen molar-refractivity contribution in [2.24, 2.45) is 0 Å². The number of nitrogen functional groups attached to an aromatic ring is 2. The molecule has 1 saturated heterocycles. The molecule has 1 amide bonds. The van der Waals surface area contributed by atoms with Crippen molar-refractivity contribution in [3.8, 4) is 17.2 Å². The molecule has 0 spiro atoms. The zero-order valence-corrected chi connectivity index (χ0v) is 24.3.